The lowest BCUT2D eigenvalue weighted by atomic mass is 9.94. The number of ether oxygens (including phenoxy) is 2. The first-order valence-corrected chi connectivity index (χ1v) is 10.2. The summed E-state index contributed by atoms with van der Waals surface area (Å²) in [5, 5.41) is 13.2. The lowest BCUT2D eigenvalue weighted by Crippen LogP contribution is -2.12. The van der Waals surface area contributed by atoms with Gasteiger partial charge in [-0.1, -0.05) is 11.6 Å². The maximum Gasteiger partial charge on any atom is 0.416 e. The summed E-state index contributed by atoms with van der Waals surface area (Å²) in [6.07, 6.45) is -1.79. The summed E-state index contributed by atoms with van der Waals surface area (Å²) in [5.41, 5.74) is 2.32. The molecule has 0 saturated carbocycles. The molecule has 176 valence electrons. The van der Waals surface area contributed by atoms with Crippen molar-refractivity contribution in [1.82, 2.24) is 0 Å². The monoisotopic (exact) mass is 463 g/mol. The number of amides is 1. The molecule has 3 rings (SSSR count). The lowest BCUT2D eigenvalue weighted by molar-refractivity contribution is -0.137. The van der Waals surface area contributed by atoms with Crippen LogP contribution in [0, 0.1) is 6.92 Å². The number of carbonyl (C=O) groups is 2. The molecule has 2 aromatic carbocycles. The number of halogens is 3. The number of benzene rings is 2. The molecule has 33 heavy (non-hydrogen) atoms. The summed E-state index contributed by atoms with van der Waals surface area (Å²) < 4.78 is 48.4. The van der Waals surface area contributed by atoms with Gasteiger partial charge in [-0.15, -0.1) is 0 Å². The van der Waals surface area contributed by atoms with Crippen LogP contribution in [0.3, 0.4) is 0 Å². The van der Waals surface area contributed by atoms with Gasteiger partial charge in [-0.3, -0.25) is 4.79 Å². The molecule has 6 nitrogen and oxygen atoms in total. The number of rotatable bonds is 7. The van der Waals surface area contributed by atoms with Gasteiger partial charge in [0.25, 0.3) is 0 Å². The van der Waals surface area contributed by atoms with E-state index < -0.39 is 17.7 Å². The fraction of sp³-hybridized carbons (Fsp3) is 0.333. The second-order valence-corrected chi connectivity index (χ2v) is 7.79. The predicted molar refractivity (Wildman–Crippen MR) is 115 cm³/mol. The number of methoxy groups -OCH3 is 1. The van der Waals surface area contributed by atoms with Gasteiger partial charge in [-0.25, -0.2) is 4.79 Å². The van der Waals surface area contributed by atoms with E-state index in [0.717, 1.165) is 23.3 Å². The van der Waals surface area contributed by atoms with Gasteiger partial charge in [0.1, 0.15) is 23.7 Å². The summed E-state index contributed by atoms with van der Waals surface area (Å²) in [6.45, 7) is 3.71. The van der Waals surface area contributed by atoms with Crippen LogP contribution in [-0.4, -0.2) is 24.1 Å². The van der Waals surface area contributed by atoms with Crippen LogP contribution in [0.1, 0.15) is 52.4 Å². The van der Waals surface area contributed by atoms with Gasteiger partial charge in [0, 0.05) is 23.2 Å². The van der Waals surface area contributed by atoms with Gasteiger partial charge in [0.15, 0.2) is 0 Å². The van der Waals surface area contributed by atoms with Crippen molar-refractivity contribution in [2.75, 3.05) is 12.4 Å². The number of hydrogen-bond donors (Lipinski definition) is 2. The molecule has 2 N–H and O–H groups in total. The molecule has 0 spiro atoms. The smallest absolute Gasteiger partial charge is 0.416 e. The lowest BCUT2D eigenvalue weighted by Gasteiger charge is -2.15. The highest BCUT2D eigenvalue weighted by molar-refractivity contribution is 5.98. The standard InChI is InChI=1S/C24H24F3NO5/c1-13(5-11-19(29)28-16-8-6-15(7-9-16)24(25,26)27)4-10-17-21(30)20-18(12-33-23(20)31)14(2)22(17)32-3/h4,6-9,30H,5,10-12H2,1-3H3,(H,28,29)/b13-4+. The van der Waals surface area contributed by atoms with E-state index in [2.05, 4.69) is 5.32 Å². The normalized spacial score (nSPS) is 13.5. The Balaban J connectivity index is 1.63. The zero-order valence-corrected chi connectivity index (χ0v) is 18.4. The van der Waals surface area contributed by atoms with Gasteiger partial charge < -0.3 is 19.9 Å². The van der Waals surface area contributed by atoms with E-state index in [9.17, 15) is 27.9 Å². The first kappa shape index (κ1) is 24.2. The third-order valence-electron chi connectivity index (χ3n) is 5.54. The molecule has 0 atom stereocenters. The number of carbonyl (C=O) groups excluding carboxylic acids is 2. The van der Waals surface area contributed by atoms with Crippen molar-refractivity contribution < 1.29 is 37.3 Å². The number of phenolic OH excluding ortho intramolecular Hbond substituents is 1. The minimum Gasteiger partial charge on any atom is -0.507 e. The molecule has 1 aliphatic heterocycles. The van der Waals surface area contributed by atoms with E-state index in [1.54, 1.807) is 6.92 Å². The summed E-state index contributed by atoms with van der Waals surface area (Å²) in [7, 11) is 1.48. The molecular formula is C24H24F3NO5. The Morgan fingerprint density at radius 3 is 2.52 bits per heavy atom. The highest BCUT2D eigenvalue weighted by Gasteiger charge is 2.32. The van der Waals surface area contributed by atoms with Gasteiger partial charge in [0.2, 0.25) is 5.91 Å². The van der Waals surface area contributed by atoms with Crippen molar-refractivity contribution in [2.24, 2.45) is 0 Å². The van der Waals surface area contributed by atoms with Crippen LogP contribution in [0.15, 0.2) is 35.9 Å². The van der Waals surface area contributed by atoms with E-state index in [0.29, 0.717) is 23.3 Å². The van der Waals surface area contributed by atoms with Crippen LogP contribution in [0.2, 0.25) is 0 Å². The number of aromatic hydroxyl groups is 1. The maximum absolute atomic E-state index is 12.6. The largest absolute Gasteiger partial charge is 0.507 e. The van der Waals surface area contributed by atoms with E-state index in [1.165, 1.54) is 19.2 Å². The molecule has 0 aromatic heterocycles. The first-order chi connectivity index (χ1) is 15.5. The predicted octanol–water partition coefficient (Wildman–Crippen LogP) is 5.31. The molecule has 1 heterocycles. The van der Waals surface area contributed by atoms with Crippen molar-refractivity contribution in [3.63, 3.8) is 0 Å². The summed E-state index contributed by atoms with van der Waals surface area (Å²) in [6, 6.07) is 4.24. The minimum absolute atomic E-state index is 0.0904. The van der Waals surface area contributed by atoms with Crippen molar-refractivity contribution >= 4 is 17.6 Å². The highest BCUT2D eigenvalue weighted by atomic mass is 19.4. The Hall–Kier alpha value is -3.49. The van der Waals surface area contributed by atoms with Gasteiger partial charge >= 0.3 is 12.1 Å². The molecular weight excluding hydrogens is 439 g/mol. The van der Waals surface area contributed by atoms with Gasteiger partial charge in [-0.2, -0.15) is 13.2 Å². The first-order valence-electron chi connectivity index (χ1n) is 10.2. The van der Waals surface area contributed by atoms with Crippen LogP contribution < -0.4 is 10.1 Å². The molecule has 1 amide bonds. The molecule has 0 bridgehead atoms. The second-order valence-electron chi connectivity index (χ2n) is 7.79. The number of nitrogens with one attached hydrogen (secondary N) is 1. The van der Waals surface area contributed by atoms with Crippen LogP contribution in [0.25, 0.3) is 0 Å². The van der Waals surface area contributed by atoms with Crippen LogP contribution in [0.4, 0.5) is 18.9 Å². The van der Waals surface area contributed by atoms with Crippen LogP contribution in [-0.2, 0) is 28.7 Å². The highest BCUT2D eigenvalue weighted by Crippen LogP contribution is 2.42. The summed E-state index contributed by atoms with van der Waals surface area (Å²) in [5.74, 6) is -0.595. The number of anilines is 1. The quantitative estimate of drug-likeness (QED) is 0.430. The Morgan fingerprint density at radius 1 is 1.24 bits per heavy atom. The third kappa shape index (κ3) is 5.30. The topological polar surface area (TPSA) is 84.9 Å². The van der Waals surface area contributed by atoms with Crippen LogP contribution >= 0.6 is 0 Å². The van der Waals surface area contributed by atoms with E-state index in [-0.39, 0.29) is 42.4 Å². The Kier molecular flexibility index (Phi) is 7.00. The number of esters is 1. The molecule has 0 fully saturated rings. The zero-order valence-electron chi connectivity index (χ0n) is 18.4. The number of cyclic esters (lactones) is 1. The molecule has 0 aliphatic carbocycles. The number of alkyl halides is 3. The average molecular weight is 463 g/mol. The minimum atomic E-state index is -4.43. The van der Waals surface area contributed by atoms with E-state index in [4.69, 9.17) is 9.47 Å². The Bertz CT molecular complexity index is 1100. The average Bonchev–Trinajstić information content (AvgIpc) is 3.15. The van der Waals surface area contributed by atoms with Crippen molar-refractivity contribution in [3.8, 4) is 11.5 Å². The summed E-state index contributed by atoms with van der Waals surface area (Å²) >= 11 is 0. The second kappa shape index (κ2) is 9.56. The Morgan fingerprint density at radius 2 is 1.91 bits per heavy atom. The SMILES string of the molecule is COc1c(C)c2c(c(O)c1C/C=C(\C)CCC(=O)Nc1ccc(C(F)(F)F)cc1)C(=O)OC2. The van der Waals surface area contributed by atoms with Crippen molar-refractivity contribution in [3.05, 3.63) is 63.7 Å². The molecule has 0 unspecified atom stereocenters. The number of hydrogen-bond acceptors (Lipinski definition) is 5. The third-order valence-corrected chi connectivity index (χ3v) is 5.54. The molecule has 0 saturated heterocycles. The van der Waals surface area contributed by atoms with Crippen molar-refractivity contribution in [2.45, 2.75) is 45.9 Å². The van der Waals surface area contributed by atoms with E-state index >= 15 is 0 Å². The summed E-state index contributed by atoms with van der Waals surface area (Å²) in [4.78, 5) is 24.1. The number of fused-ring (bicyclic) bond motifs is 1. The fourth-order valence-corrected chi connectivity index (χ4v) is 3.68. The van der Waals surface area contributed by atoms with Crippen LogP contribution in [0.5, 0.6) is 11.5 Å². The fourth-order valence-electron chi connectivity index (χ4n) is 3.68. The van der Waals surface area contributed by atoms with Crippen molar-refractivity contribution in [1.29, 1.82) is 0 Å². The molecule has 2 aromatic rings. The van der Waals surface area contributed by atoms with Gasteiger partial charge in [0.05, 0.1) is 12.7 Å². The number of phenols is 1. The van der Waals surface area contributed by atoms with Gasteiger partial charge in [-0.05, 0) is 56.5 Å². The van der Waals surface area contributed by atoms with E-state index in [1.807, 2.05) is 13.0 Å². The Labute approximate surface area is 189 Å². The zero-order chi connectivity index (χ0) is 24.3. The maximum atomic E-state index is 12.6. The molecule has 0 radical (unpaired) electrons. The molecule has 1 aliphatic rings. The molecule has 9 heteroatoms. The number of allylic oxidation sites excluding steroid dienone is 2.